The van der Waals surface area contributed by atoms with E-state index in [1.165, 1.54) is 11.3 Å². The first-order valence-electron chi connectivity index (χ1n) is 9.89. The molecule has 0 saturated heterocycles. The van der Waals surface area contributed by atoms with E-state index in [4.69, 9.17) is 9.26 Å². The summed E-state index contributed by atoms with van der Waals surface area (Å²) in [5.41, 5.74) is 1.01. The van der Waals surface area contributed by atoms with Crippen LogP contribution in [0.15, 0.2) is 64.5 Å². The summed E-state index contributed by atoms with van der Waals surface area (Å²) in [6.07, 6.45) is 0.309. The second kappa shape index (κ2) is 9.53. The summed E-state index contributed by atoms with van der Waals surface area (Å²) in [5.74, 6) is 0.00458. The Balaban J connectivity index is 1.24. The van der Waals surface area contributed by atoms with Crippen molar-refractivity contribution in [1.82, 2.24) is 15.5 Å². The number of aromatic nitrogens is 2. The Labute approximate surface area is 183 Å². The molecule has 4 rings (SSSR count). The van der Waals surface area contributed by atoms with E-state index in [-0.39, 0.29) is 31.4 Å². The number of rotatable bonds is 8. The van der Waals surface area contributed by atoms with Gasteiger partial charge in [-0.2, -0.15) is 4.98 Å². The van der Waals surface area contributed by atoms with Crippen LogP contribution in [-0.4, -0.2) is 28.6 Å². The van der Waals surface area contributed by atoms with Gasteiger partial charge in [0.1, 0.15) is 0 Å². The Morgan fingerprint density at radius 1 is 1.13 bits per heavy atom. The maximum absolute atomic E-state index is 12.2. The second-order valence-corrected chi connectivity index (χ2v) is 7.95. The maximum Gasteiger partial charge on any atom is 0.306 e. The highest BCUT2D eigenvalue weighted by atomic mass is 32.1. The van der Waals surface area contributed by atoms with Crippen LogP contribution < -0.4 is 5.32 Å². The zero-order chi connectivity index (χ0) is 21.6. The number of benzene rings is 2. The molecule has 0 aliphatic carbocycles. The minimum absolute atomic E-state index is 0.0538. The fraction of sp³-hybridized carbons (Fsp3) is 0.217. The minimum atomic E-state index is -0.496. The zero-order valence-corrected chi connectivity index (χ0v) is 17.7. The molecule has 2 heterocycles. The molecule has 1 atom stereocenters. The molecule has 0 aliphatic rings. The molecule has 0 saturated carbocycles. The van der Waals surface area contributed by atoms with Crippen LogP contribution >= 0.6 is 11.3 Å². The van der Waals surface area contributed by atoms with Crippen LogP contribution in [0.4, 0.5) is 0 Å². The van der Waals surface area contributed by atoms with E-state index in [2.05, 4.69) is 15.5 Å². The molecule has 0 fully saturated rings. The van der Waals surface area contributed by atoms with Gasteiger partial charge in [-0.15, -0.1) is 11.3 Å². The number of fused-ring (bicyclic) bond motifs is 1. The first-order chi connectivity index (χ1) is 15.1. The number of hydrogen-bond acceptors (Lipinski definition) is 7. The van der Waals surface area contributed by atoms with Gasteiger partial charge in [-0.3, -0.25) is 9.59 Å². The van der Waals surface area contributed by atoms with Gasteiger partial charge in [0.25, 0.3) is 5.91 Å². The number of esters is 1. The van der Waals surface area contributed by atoms with Gasteiger partial charge in [0.15, 0.2) is 6.61 Å². The smallest absolute Gasteiger partial charge is 0.306 e. The van der Waals surface area contributed by atoms with Gasteiger partial charge >= 0.3 is 5.97 Å². The molecule has 31 heavy (non-hydrogen) atoms. The van der Waals surface area contributed by atoms with Gasteiger partial charge in [0.2, 0.25) is 11.7 Å². The van der Waals surface area contributed by atoms with E-state index in [0.29, 0.717) is 11.7 Å². The van der Waals surface area contributed by atoms with Crippen molar-refractivity contribution in [2.75, 3.05) is 6.61 Å². The topological polar surface area (TPSA) is 94.3 Å². The number of thiophene rings is 1. The lowest BCUT2D eigenvalue weighted by Gasteiger charge is -2.16. The van der Waals surface area contributed by atoms with Gasteiger partial charge in [-0.05, 0) is 34.7 Å². The lowest BCUT2D eigenvalue weighted by atomic mass is 10.00. The lowest BCUT2D eigenvalue weighted by molar-refractivity contribution is -0.148. The summed E-state index contributed by atoms with van der Waals surface area (Å²) in [4.78, 5) is 29.4. The van der Waals surface area contributed by atoms with Gasteiger partial charge in [0, 0.05) is 6.42 Å². The molecule has 1 unspecified atom stereocenters. The Morgan fingerprint density at radius 3 is 2.81 bits per heavy atom. The quantitative estimate of drug-likeness (QED) is 0.415. The van der Waals surface area contributed by atoms with E-state index >= 15 is 0 Å². The Bertz CT molecular complexity index is 1180. The third-order valence-corrected chi connectivity index (χ3v) is 5.65. The molecule has 1 N–H and O–H groups in total. The van der Waals surface area contributed by atoms with Crippen molar-refractivity contribution in [3.8, 4) is 10.7 Å². The summed E-state index contributed by atoms with van der Waals surface area (Å²) >= 11 is 1.51. The van der Waals surface area contributed by atoms with E-state index < -0.39 is 5.97 Å². The van der Waals surface area contributed by atoms with Crippen LogP contribution in [-0.2, 0) is 20.7 Å². The third-order valence-electron chi connectivity index (χ3n) is 4.78. The van der Waals surface area contributed by atoms with E-state index in [1.807, 2.05) is 66.9 Å². The summed E-state index contributed by atoms with van der Waals surface area (Å²) in [7, 11) is 0. The van der Waals surface area contributed by atoms with Crippen molar-refractivity contribution in [2.24, 2.45) is 0 Å². The molecule has 2 aromatic heterocycles. The van der Waals surface area contributed by atoms with Crippen molar-refractivity contribution < 1.29 is 18.8 Å². The van der Waals surface area contributed by atoms with Crippen molar-refractivity contribution in [1.29, 1.82) is 0 Å². The van der Waals surface area contributed by atoms with Crippen molar-refractivity contribution >= 4 is 34.0 Å². The highest BCUT2D eigenvalue weighted by molar-refractivity contribution is 7.13. The van der Waals surface area contributed by atoms with E-state index in [9.17, 15) is 9.59 Å². The number of hydrogen-bond donors (Lipinski definition) is 1. The molecule has 0 aliphatic heterocycles. The predicted octanol–water partition coefficient (Wildman–Crippen LogP) is 4.30. The monoisotopic (exact) mass is 435 g/mol. The number of ether oxygens (including phenoxy) is 1. The predicted molar refractivity (Wildman–Crippen MR) is 117 cm³/mol. The SMILES string of the molecule is CC(NC(=O)COC(=O)CCc1nc(-c2cccs2)no1)c1cccc2ccccc12. The first kappa shape index (κ1) is 20.7. The average molecular weight is 436 g/mol. The number of carbonyl (C=O) groups excluding carboxylic acids is 2. The Hall–Kier alpha value is -3.52. The van der Waals surface area contributed by atoms with Gasteiger partial charge in [-0.25, -0.2) is 0 Å². The molecule has 7 nitrogen and oxygen atoms in total. The number of carbonyl (C=O) groups is 2. The highest BCUT2D eigenvalue weighted by Crippen LogP contribution is 2.24. The van der Waals surface area contributed by atoms with E-state index in [1.54, 1.807) is 0 Å². The molecule has 4 aromatic rings. The molecule has 8 heteroatoms. The largest absolute Gasteiger partial charge is 0.456 e. The molecule has 1 amide bonds. The molecule has 2 aromatic carbocycles. The Morgan fingerprint density at radius 2 is 1.97 bits per heavy atom. The van der Waals surface area contributed by atoms with Gasteiger partial charge in [0.05, 0.1) is 17.3 Å². The molecule has 0 radical (unpaired) electrons. The number of nitrogens with zero attached hydrogens (tertiary/aromatic N) is 2. The van der Waals surface area contributed by atoms with Crippen LogP contribution in [0.2, 0.25) is 0 Å². The van der Waals surface area contributed by atoms with Crippen LogP contribution in [0.1, 0.15) is 30.8 Å². The van der Waals surface area contributed by atoms with Gasteiger partial charge < -0.3 is 14.6 Å². The molecule has 0 bridgehead atoms. The lowest BCUT2D eigenvalue weighted by Crippen LogP contribution is -2.31. The normalized spacial score (nSPS) is 11.9. The molecule has 0 spiro atoms. The number of amides is 1. The Kier molecular flexibility index (Phi) is 6.37. The first-order valence-corrected chi connectivity index (χ1v) is 10.8. The highest BCUT2D eigenvalue weighted by Gasteiger charge is 2.15. The zero-order valence-electron chi connectivity index (χ0n) is 16.9. The van der Waals surface area contributed by atoms with Crippen LogP contribution in [0.3, 0.4) is 0 Å². The van der Waals surface area contributed by atoms with Crippen molar-refractivity contribution in [3.05, 3.63) is 71.4 Å². The minimum Gasteiger partial charge on any atom is -0.456 e. The fourth-order valence-electron chi connectivity index (χ4n) is 3.28. The molecule has 158 valence electrons. The van der Waals surface area contributed by atoms with Gasteiger partial charge in [-0.1, -0.05) is 53.7 Å². The number of aryl methyl sites for hydroxylation is 1. The summed E-state index contributed by atoms with van der Waals surface area (Å²) in [6.45, 7) is 1.57. The fourth-order valence-corrected chi connectivity index (χ4v) is 3.93. The maximum atomic E-state index is 12.2. The second-order valence-electron chi connectivity index (χ2n) is 7.01. The number of nitrogens with one attached hydrogen (secondary N) is 1. The van der Waals surface area contributed by atoms with Crippen LogP contribution in [0, 0.1) is 0 Å². The summed E-state index contributed by atoms with van der Waals surface area (Å²) in [6, 6.07) is 17.5. The van der Waals surface area contributed by atoms with Crippen LogP contribution in [0.5, 0.6) is 0 Å². The summed E-state index contributed by atoms with van der Waals surface area (Å²) < 4.78 is 10.2. The van der Waals surface area contributed by atoms with Crippen molar-refractivity contribution in [3.63, 3.8) is 0 Å². The van der Waals surface area contributed by atoms with Crippen molar-refractivity contribution in [2.45, 2.75) is 25.8 Å². The third kappa shape index (κ3) is 5.16. The van der Waals surface area contributed by atoms with E-state index in [0.717, 1.165) is 21.2 Å². The summed E-state index contributed by atoms with van der Waals surface area (Å²) in [5, 5.41) is 10.9. The molecular formula is C23H21N3O4S. The standard InChI is InChI=1S/C23H21N3O4S/c1-15(17-9-4-7-16-6-2-3-8-18(16)17)24-20(27)14-29-22(28)12-11-21-25-23(26-30-21)19-10-5-13-31-19/h2-10,13,15H,11-12,14H2,1H3,(H,24,27). The average Bonchev–Trinajstić information content (AvgIpc) is 3.47. The van der Waals surface area contributed by atoms with Crippen LogP contribution in [0.25, 0.3) is 21.5 Å². The molecular weight excluding hydrogens is 414 g/mol.